The van der Waals surface area contributed by atoms with Crippen LogP contribution in [-0.2, 0) is 0 Å². The number of para-hydroxylation sites is 1. The number of ether oxygens (including phenoxy) is 1. The zero-order valence-electron chi connectivity index (χ0n) is 15.7. The highest BCUT2D eigenvalue weighted by Crippen LogP contribution is 2.27. The topological polar surface area (TPSA) is 57.4 Å². The highest BCUT2D eigenvalue weighted by molar-refractivity contribution is 5.98. The summed E-state index contributed by atoms with van der Waals surface area (Å²) in [6.45, 7) is 2.52. The number of aromatic nitrogens is 1. The molecule has 0 saturated carbocycles. The van der Waals surface area contributed by atoms with E-state index in [1.807, 2.05) is 69.6 Å². The quantitative estimate of drug-likeness (QED) is 0.714. The number of hydrogen-bond acceptors (Lipinski definition) is 3. The average Bonchev–Trinajstić information content (AvgIpc) is 3.05. The second-order valence-electron chi connectivity index (χ2n) is 6.71. The number of carbonyl (C=O) groups is 1. The van der Waals surface area contributed by atoms with Crippen LogP contribution in [0.25, 0.3) is 10.9 Å². The van der Waals surface area contributed by atoms with E-state index in [0.29, 0.717) is 12.2 Å². The van der Waals surface area contributed by atoms with Crippen LogP contribution in [0.15, 0.2) is 48.5 Å². The highest BCUT2D eigenvalue weighted by Gasteiger charge is 2.20. The fraction of sp³-hybridized carbons (Fsp3) is 0.286. The molecule has 136 valence electrons. The molecule has 1 aromatic heterocycles. The molecule has 0 aliphatic carbocycles. The maximum Gasteiger partial charge on any atom is 0.267 e. The SMILES string of the molecule is COc1ccccc1C(CNC(=O)c1cc2ccc(C)cc2[nH]1)N(C)C. The average molecular weight is 351 g/mol. The predicted molar refractivity (Wildman–Crippen MR) is 105 cm³/mol. The molecule has 1 heterocycles. The number of aromatic amines is 1. The van der Waals surface area contributed by atoms with Crippen molar-refractivity contribution in [2.24, 2.45) is 0 Å². The summed E-state index contributed by atoms with van der Waals surface area (Å²) in [6.07, 6.45) is 0. The van der Waals surface area contributed by atoms with Gasteiger partial charge in [0, 0.05) is 23.0 Å². The summed E-state index contributed by atoms with van der Waals surface area (Å²) >= 11 is 0. The second-order valence-corrected chi connectivity index (χ2v) is 6.71. The number of fused-ring (bicyclic) bond motifs is 1. The monoisotopic (exact) mass is 351 g/mol. The van der Waals surface area contributed by atoms with Crippen molar-refractivity contribution >= 4 is 16.8 Å². The van der Waals surface area contributed by atoms with Crippen LogP contribution < -0.4 is 10.1 Å². The van der Waals surface area contributed by atoms with E-state index in [2.05, 4.69) is 15.2 Å². The van der Waals surface area contributed by atoms with Crippen molar-refractivity contribution in [3.63, 3.8) is 0 Å². The van der Waals surface area contributed by atoms with Crippen LogP contribution in [0.5, 0.6) is 5.75 Å². The lowest BCUT2D eigenvalue weighted by Gasteiger charge is -2.26. The van der Waals surface area contributed by atoms with E-state index in [0.717, 1.165) is 27.8 Å². The molecule has 5 nitrogen and oxygen atoms in total. The minimum Gasteiger partial charge on any atom is -0.496 e. The minimum atomic E-state index is -0.111. The molecule has 0 bridgehead atoms. The van der Waals surface area contributed by atoms with Gasteiger partial charge in [-0.2, -0.15) is 0 Å². The molecule has 2 N–H and O–H groups in total. The molecule has 3 rings (SSSR count). The third-order valence-corrected chi connectivity index (χ3v) is 4.60. The summed E-state index contributed by atoms with van der Waals surface area (Å²) in [7, 11) is 5.65. The zero-order chi connectivity index (χ0) is 18.7. The first-order valence-electron chi connectivity index (χ1n) is 8.66. The van der Waals surface area contributed by atoms with Crippen molar-refractivity contribution in [1.29, 1.82) is 0 Å². The Labute approximate surface area is 154 Å². The summed E-state index contributed by atoms with van der Waals surface area (Å²) in [6, 6.07) is 15.9. The molecule has 0 spiro atoms. The van der Waals surface area contributed by atoms with Crippen LogP contribution in [0.3, 0.4) is 0 Å². The standard InChI is InChI=1S/C21H25N3O2/c1-14-9-10-15-12-18(23-17(15)11-14)21(25)22-13-19(24(2)3)16-7-5-6-8-20(16)26-4/h5-12,19,23H,13H2,1-4H3,(H,22,25). The van der Waals surface area contributed by atoms with Gasteiger partial charge in [0.25, 0.3) is 5.91 Å². The number of nitrogens with one attached hydrogen (secondary N) is 2. The number of nitrogens with zero attached hydrogens (tertiary/aromatic N) is 1. The van der Waals surface area contributed by atoms with Crippen molar-refractivity contribution in [2.75, 3.05) is 27.7 Å². The molecule has 0 aliphatic rings. The van der Waals surface area contributed by atoms with Crippen LogP contribution in [-0.4, -0.2) is 43.5 Å². The number of likely N-dealkylation sites (N-methyl/N-ethyl adjacent to an activating group) is 1. The van der Waals surface area contributed by atoms with Gasteiger partial charge in [-0.1, -0.05) is 30.3 Å². The highest BCUT2D eigenvalue weighted by atomic mass is 16.5. The van der Waals surface area contributed by atoms with E-state index in [-0.39, 0.29) is 11.9 Å². The van der Waals surface area contributed by atoms with E-state index < -0.39 is 0 Å². The van der Waals surface area contributed by atoms with E-state index in [4.69, 9.17) is 4.74 Å². The number of amides is 1. The Bertz CT molecular complexity index is 915. The second kappa shape index (κ2) is 7.62. The Hall–Kier alpha value is -2.79. The number of H-pyrrole nitrogens is 1. The van der Waals surface area contributed by atoms with E-state index in [1.165, 1.54) is 0 Å². The molecule has 2 aromatic carbocycles. The summed E-state index contributed by atoms with van der Waals surface area (Å²) in [4.78, 5) is 17.9. The molecular weight excluding hydrogens is 326 g/mol. The molecule has 1 unspecified atom stereocenters. The lowest BCUT2D eigenvalue weighted by atomic mass is 10.0. The number of rotatable bonds is 6. The Morgan fingerprint density at radius 2 is 1.96 bits per heavy atom. The third-order valence-electron chi connectivity index (χ3n) is 4.60. The Morgan fingerprint density at radius 3 is 2.69 bits per heavy atom. The zero-order valence-corrected chi connectivity index (χ0v) is 15.7. The first-order valence-corrected chi connectivity index (χ1v) is 8.66. The Kier molecular flexibility index (Phi) is 5.28. The normalized spacial score (nSPS) is 12.3. The van der Waals surface area contributed by atoms with Gasteiger partial charge in [-0.25, -0.2) is 0 Å². The molecule has 0 aliphatic heterocycles. The number of carbonyl (C=O) groups excluding carboxylic acids is 1. The summed E-state index contributed by atoms with van der Waals surface area (Å²) in [5, 5.41) is 4.08. The molecule has 26 heavy (non-hydrogen) atoms. The van der Waals surface area contributed by atoms with Crippen molar-refractivity contribution in [1.82, 2.24) is 15.2 Å². The molecule has 3 aromatic rings. The van der Waals surface area contributed by atoms with Gasteiger partial charge < -0.3 is 19.9 Å². The lowest BCUT2D eigenvalue weighted by Crippen LogP contribution is -2.34. The largest absolute Gasteiger partial charge is 0.496 e. The van der Waals surface area contributed by atoms with Gasteiger partial charge in [0.15, 0.2) is 0 Å². The van der Waals surface area contributed by atoms with Crippen LogP contribution in [0.4, 0.5) is 0 Å². The summed E-state index contributed by atoms with van der Waals surface area (Å²) < 4.78 is 5.47. The predicted octanol–water partition coefficient (Wildman–Crippen LogP) is 3.52. The van der Waals surface area contributed by atoms with Crippen LogP contribution >= 0.6 is 0 Å². The van der Waals surface area contributed by atoms with Gasteiger partial charge >= 0.3 is 0 Å². The molecule has 1 amide bonds. The van der Waals surface area contributed by atoms with Gasteiger partial charge in [0.1, 0.15) is 11.4 Å². The maximum absolute atomic E-state index is 12.6. The Morgan fingerprint density at radius 1 is 1.19 bits per heavy atom. The van der Waals surface area contributed by atoms with Gasteiger partial charge in [-0.05, 0) is 44.8 Å². The minimum absolute atomic E-state index is 0.0155. The van der Waals surface area contributed by atoms with E-state index in [9.17, 15) is 4.79 Å². The molecule has 0 radical (unpaired) electrons. The van der Waals surface area contributed by atoms with Gasteiger partial charge in [-0.3, -0.25) is 4.79 Å². The Balaban J connectivity index is 1.77. The maximum atomic E-state index is 12.6. The first kappa shape index (κ1) is 18.0. The number of hydrogen-bond donors (Lipinski definition) is 2. The number of methoxy groups -OCH3 is 1. The van der Waals surface area contributed by atoms with Crippen LogP contribution in [0, 0.1) is 6.92 Å². The number of aryl methyl sites for hydroxylation is 1. The third kappa shape index (κ3) is 3.73. The fourth-order valence-corrected chi connectivity index (χ4v) is 3.16. The van der Waals surface area contributed by atoms with E-state index >= 15 is 0 Å². The molecule has 0 saturated heterocycles. The smallest absolute Gasteiger partial charge is 0.267 e. The van der Waals surface area contributed by atoms with Gasteiger partial charge in [0.2, 0.25) is 0 Å². The van der Waals surface area contributed by atoms with Gasteiger partial charge in [-0.15, -0.1) is 0 Å². The van der Waals surface area contributed by atoms with Crippen molar-refractivity contribution in [3.8, 4) is 5.75 Å². The molecular formula is C21H25N3O2. The summed E-state index contributed by atoms with van der Waals surface area (Å²) in [5.41, 5.74) is 3.76. The molecule has 5 heteroatoms. The summed E-state index contributed by atoms with van der Waals surface area (Å²) in [5.74, 6) is 0.710. The molecule has 0 fully saturated rings. The lowest BCUT2D eigenvalue weighted by molar-refractivity contribution is 0.0937. The van der Waals surface area contributed by atoms with Crippen LogP contribution in [0.1, 0.15) is 27.7 Å². The number of benzene rings is 2. The van der Waals surface area contributed by atoms with Gasteiger partial charge in [0.05, 0.1) is 13.2 Å². The van der Waals surface area contributed by atoms with Crippen molar-refractivity contribution in [3.05, 3.63) is 65.4 Å². The molecule has 1 atom stereocenters. The fourth-order valence-electron chi connectivity index (χ4n) is 3.16. The van der Waals surface area contributed by atoms with Crippen molar-refractivity contribution < 1.29 is 9.53 Å². The van der Waals surface area contributed by atoms with Crippen LogP contribution in [0.2, 0.25) is 0 Å². The first-order chi connectivity index (χ1) is 12.5. The van der Waals surface area contributed by atoms with Crippen molar-refractivity contribution in [2.45, 2.75) is 13.0 Å². The van der Waals surface area contributed by atoms with E-state index in [1.54, 1.807) is 7.11 Å².